The Kier molecular flexibility index (Phi) is 6.41. The molecule has 0 amide bonds. The van der Waals surface area contributed by atoms with Gasteiger partial charge in [0.25, 0.3) is 0 Å². The van der Waals surface area contributed by atoms with E-state index in [2.05, 4.69) is 177 Å². The fraction of sp³-hybridized carbons (Fsp3) is 0.0667. The van der Waals surface area contributed by atoms with Crippen molar-refractivity contribution in [3.63, 3.8) is 0 Å². The van der Waals surface area contributed by atoms with Crippen LogP contribution >= 0.6 is 11.3 Å². The van der Waals surface area contributed by atoms with Gasteiger partial charge in [0.15, 0.2) is 0 Å². The minimum atomic E-state index is -0.0135. The molecule has 8 aromatic rings. The second-order valence-electron chi connectivity index (χ2n) is 13.0. The third kappa shape index (κ3) is 4.60. The summed E-state index contributed by atoms with van der Waals surface area (Å²) < 4.78 is 2.66. The zero-order valence-electron chi connectivity index (χ0n) is 26.4. The summed E-state index contributed by atoms with van der Waals surface area (Å²) in [4.78, 5) is 0. The number of hydrogen-bond donors (Lipinski definition) is 1. The van der Waals surface area contributed by atoms with E-state index in [0.29, 0.717) is 0 Å². The van der Waals surface area contributed by atoms with Crippen molar-refractivity contribution in [2.45, 2.75) is 19.3 Å². The molecule has 0 atom stereocenters. The van der Waals surface area contributed by atoms with Gasteiger partial charge in [0.2, 0.25) is 0 Å². The van der Waals surface area contributed by atoms with Crippen LogP contribution < -0.4 is 5.32 Å². The topological polar surface area (TPSA) is 12.0 Å². The second kappa shape index (κ2) is 10.8. The lowest BCUT2D eigenvalue weighted by Gasteiger charge is -2.21. The number of hydrogen-bond acceptors (Lipinski definition) is 2. The molecule has 1 N–H and O–H groups in total. The summed E-state index contributed by atoms with van der Waals surface area (Å²) in [5, 5.41) is 6.52. The normalized spacial score (nSPS) is 13.1. The van der Waals surface area contributed by atoms with Gasteiger partial charge >= 0.3 is 0 Å². The van der Waals surface area contributed by atoms with E-state index in [0.717, 1.165) is 11.4 Å². The smallest absolute Gasteiger partial charge is 0.0470 e. The Labute approximate surface area is 279 Å². The van der Waals surface area contributed by atoms with Gasteiger partial charge in [-0.2, -0.15) is 0 Å². The van der Waals surface area contributed by atoms with Crippen LogP contribution in [0.15, 0.2) is 158 Å². The average molecular weight is 620 g/mol. The molecule has 7 aromatic carbocycles. The number of benzene rings is 7. The summed E-state index contributed by atoms with van der Waals surface area (Å²) in [5.41, 5.74) is 14.9. The first-order valence-electron chi connectivity index (χ1n) is 16.3. The van der Waals surface area contributed by atoms with Crippen molar-refractivity contribution in [3.05, 3.63) is 169 Å². The molecule has 0 fully saturated rings. The Balaban J connectivity index is 1.16. The Morgan fingerprint density at radius 2 is 1.13 bits per heavy atom. The van der Waals surface area contributed by atoms with Crippen LogP contribution in [-0.2, 0) is 5.41 Å². The second-order valence-corrected chi connectivity index (χ2v) is 14.1. The van der Waals surface area contributed by atoms with Crippen molar-refractivity contribution in [1.29, 1.82) is 0 Å². The molecule has 1 aliphatic rings. The summed E-state index contributed by atoms with van der Waals surface area (Å²) in [7, 11) is 0. The van der Waals surface area contributed by atoms with Gasteiger partial charge in [-0.05, 0) is 80.4 Å². The molecule has 0 saturated carbocycles. The van der Waals surface area contributed by atoms with Crippen LogP contribution in [0.3, 0.4) is 0 Å². The van der Waals surface area contributed by atoms with Gasteiger partial charge in [0, 0.05) is 42.5 Å². The third-order valence-corrected chi connectivity index (χ3v) is 11.1. The van der Waals surface area contributed by atoms with Crippen molar-refractivity contribution in [1.82, 2.24) is 0 Å². The maximum Gasteiger partial charge on any atom is 0.0470 e. The molecule has 0 aliphatic heterocycles. The molecule has 0 unspecified atom stereocenters. The number of rotatable bonds is 5. The van der Waals surface area contributed by atoms with Crippen molar-refractivity contribution >= 4 is 42.9 Å². The van der Waals surface area contributed by atoms with Crippen LogP contribution in [0.4, 0.5) is 11.4 Å². The van der Waals surface area contributed by atoms with E-state index in [1.54, 1.807) is 0 Å². The van der Waals surface area contributed by atoms with Gasteiger partial charge < -0.3 is 5.32 Å². The van der Waals surface area contributed by atoms with Gasteiger partial charge in [-0.3, -0.25) is 0 Å². The maximum absolute atomic E-state index is 3.87. The molecule has 0 saturated heterocycles. The van der Waals surface area contributed by atoms with E-state index >= 15 is 0 Å². The Morgan fingerprint density at radius 3 is 2.04 bits per heavy atom. The van der Waals surface area contributed by atoms with Gasteiger partial charge in [0.05, 0.1) is 0 Å². The highest BCUT2D eigenvalue weighted by Crippen LogP contribution is 2.50. The zero-order chi connectivity index (χ0) is 31.5. The number of thiophene rings is 1. The van der Waals surface area contributed by atoms with E-state index in [4.69, 9.17) is 0 Å². The summed E-state index contributed by atoms with van der Waals surface area (Å²) in [6, 6.07) is 57.6. The minimum absolute atomic E-state index is 0.0135. The summed E-state index contributed by atoms with van der Waals surface area (Å²) in [6.45, 7) is 4.68. The summed E-state index contributed by atoms with van der Waals surface area (Å²) >= 11 is 1.88. The van der Waals surface area contributed by atoms with Crippen molar-refractivity contribution in [3.8, 4) is 44.5 Å². The fourth-order valence-corrected chi connectivity index (χ4v) is 8.73. The molecule has 1 nitrogen and oxygen atoms in total. The first-order valence-corrected chi connectivity index (χ1v) is 17.1. The quantitative estimate of drug-likeness (QED) is 0.202. The fourth-order valence-electron chi connectivity index (χ4n) is 7.49. The largest absolute Gasteiger partial charge is 0.355 e. The van der Waals surface area contributed by atoms with Gasteiger partial charge in [-0.1, -0.05) is 141 Å². The molecule has 47 heavy (non-hydrogen) atoms. The molecule has 0 spiro atoms. The molecule has 1 aromatic heterocycles. The van der Waals surface area contributed by atoms with Crippen LogP contribution in [0, 0.1) is 0 Å². The predicted molar refractivity (Wildman–Crippen MR) is 203 cm³/mol. The van der Waals surface area contributed by atoms with Crippen molar-refractivity contribution < 1.29 is 0 Å². The van der Waals surface area contributed by atoms with Crippen molar-refractivity contribution in [2.75, 3.05) is 5.32 Å². The molecule has 9 rings (SSSR count). The zero-order valence-corrected chi connectivity index (χ0v) is 27.2. The Morgan fingerprint density at radius 1 is 0.447 bits per heavy atom. The first kappa shape index (κ1) is 27.8. The van der Waals surface area contributed by atoms with Crippen LogP contribution in [0.1, 0.15) is 25.0 Å². The monoisotopic (exact) mass is 619 g/mol. The van der Waals surface area contributed by atoms with E-state index in [1.807, 2.05) is 11.3 Å². The average Bonchev–Trinajstić information content (AvgIpc) is 3.61. The SMILES string of the molecule is CC1(C)c2ccccc2-c2cc(-c3ccc(-c4ccccc4)cc3Nc3cccc(-c4cccc5c4sc4ccccc45)c3)ccc21. The van der Waals surface area contributed by atoms with E-state index in [-0.39, 0.29) is 5.41 Å². The van der Waals surface area contributed by atoms with Gasteiger partial charge in [-0.15, -0.1) is 11.3 Å². The predicted octanol–water partition coefficient (Wildman–Crippen LogP) is 13.1. The molecular weight excluding hydrogens is 587 g/mol. The highest BCUT2D eigenvalue weighted by molar-refractivity contribution is 7.26. The van der Waals surface area contributed by atoms with E-state index in [9.17, 15) is 0 Å². The number of fused-ring (bicyclic) bond motifs is 6. The van der Waals surface area contributed by atoms with Crippen LogP contribution in [0.5, 0.6) is 0 Å². The van der Waals surface area contributed by atoms with Crippen LogP contribution in [0.2, 0.25) is 0 Å². The molecule has 1 aliphatic carbocycles. The number of anilines is 2. The molecule has 0 bridgehead atoms. The Bertz CT molecular complexity index is 2470. The lowest BCUT2D eigenvalue weighted by atomic mass is 9.82. The molecule has 224 valence electrons. The van der Waals surface area contributed by atoms with E-state index in [1.165, 1.54) is 75.8 Å². The van der Waals surface area contributed by atoms with Gasteiger partial charge in [-0.25, -0.2) is 0 Å². The number of nitrogens with one attached hydrogen (secondary N) is 1. The molecule has 1 heterocycles. The van der Waals surface area contributed by atoms with Crippen molar-refractivity contribution in [2.24, 2.45) is 0 Å². The van der Waals surface area contributed by atoms with E-state index < -0.39 is 0 Å². The standard InChI is InChI=1S/C45H33NS/c1-45(2)40-20-8-6-16-36(40)39-27-32(23-25-41(39)45)34-24-22-30(29-12-4-3-5-13-29)28-42(34)46-33-15-10-14-31(26-33)35-18-11-19-38-37-17-7-9-21-43(37)47-44(35)38/h3-28,46H,1-2H3. The molecular formula is C45H33NS. The minimum Gasteiger partial charge on any atom is -0.355 e. The third-order valence-electron chi connectivity index (χ3n) is 9.88. The van der Waals surface area contributed by atoms with Gasteiger partial charge in [0.1, 0.15) is 0 Å². The van der Waals surface area contributed by atoms with Crippen LogP contribution in [0.25, 0.3) is 64.7 Å². The molecule has 2 heteroatoms. The lowest BCUT2D eigenvalue weighted by Crippen LogP contribution is -2.14. The first-order chi connectivity index (χ1) is 23.0. The highest BCUT2D eigenvalue weighted by atomic mass is 32.1. The lowest BCUT2D eigenvalue weighted by molar-refractivity contribution is 0.660. The summed E-state index contributed by atoms with van der Waals surface area (Å²) in [6.07, 6.45) is 0. The maximum atomic E-state index is 3.87. The highest BCUT2D eigenvalue weighted by Gasteiger charge is 2.35. The Hall–Kier alpha value is -5.44. The molecule has 0 radical (unpaired) electrons. The van der Waals surface area contributed by atoms with Crippen LogP contribution in [-0.4, -0.2) is 0 Å². The summed E-state index contributed by atoms with van der Waals surface area (Å²) in [5.74, 6) is 0.